The lowest BCUT2D eigenvalue weighted by Gasteiger charge is -2.14. The van der Waals surface area contributed by atoms with Crippen LogP contribution in [0, 0.1) is 12.3 Å². The zero-order chi connectivity index (χ0) is 24.7. The number of methoxy groups -OCH3 is 1. The average Bonchev–Trinajstić information content (AvgIpc) is 2.83. The van der Waals surface area contributed by atoms with E-state index in [9.17, 15) is 22.0 Å². The summed E-state index contributed by atoms with van der Waals surface area (Å²) >= 11 is 0. The smallest absolute Gasteiger partial charge is 0.387 e. The molecule has 0 radical (unpaired) electrons. The Morgan fingerprint density at radius 1 is 1.06 bits per heavy atom. The van der Waals surface area contributed by atoms with Gasteiger partial charge in [-0.2, -0.15) is 13.5 Å². The van der Waals surface area contributed by atoms with Gasteiger partial charge in [-0.1, -0.05) is 18.1 Å². The normalized spacial score (nSPS) is 11.0. The number of hydrogen-bond acceptors (Lipinski definition) is 5. The van der Waals surface area contributed by atoms with Crippen LogP contribution in [-0.2, 0) is 10.0 Å². The molecule has 0 aromatic heterocycles. The van der Waals surface area contributed by atoms with Crippen molar-refractivity contribution in [3.05, 3.63) is 72.3 Å². The van der Waals surface area contributed by atoms with Gasteiger partial charge in [-0.25, -0.2) is 8.42 Å². The molecule has 1 amide bonds. The largest absolute Gasteiger partial charge is 0.497 e. The van der Waals surface area contributed by atoms with Gasteiger partial charge < -0.3 is 14.8 Å². The van der Waals surface area contributed by atoms with E-state index in [1.54, 1.807) is 24.3 Å². The van der Waals surface area contributed by atoms with E-state index >= 15 is 0 Å². The minimum atomic E-state index is -3.79. The van der Waals surface area contributed by atoms with Crippen LogP contribution in [0.25, 0.3) is 11.1 Å². The van der Waals surface area contributed by atoms with Crippen molar-refractivity contribution in [2.75, 3.05) is 19.0 Å². The first kappa shape index (κ1) is 24.7. The summed E-state index contributed by atoms with van der Waals surface area (Å²) in [7, 11) is -2.28. The lowest BCUT2D eigenvalue weighted by Crippen LogP contribution is -2.24. The highest BCUT2D eigenvalue weighted by Gasteiger charge is 2.16. The van der Waals surface area contributed by atoms with E-state index in [0.717, 1.165) is 0 Å². The van der Waals surface area contributed by atoms with E-state index in [4.69, 9.17) is 11.2 Å². The first-order chi connectivity index (χ1) is 16.2. The highest BCUT2D eigenvalue weighted by molar-refractivity contribution is 7.89. The number of hydrogen-bond donors (Lipinski definition) is 2. The number of carbonyl (C=O) groups is 1. The zero-order valence-electron chi connectivity index (χ0n) is 17.9. The number of carbonyl (C=O) groups excluding carboxylic acids is 1. The number of halogens is 2. The van der Waals surface area contributed by atoms with Gasteiger partial charge in [-0.05, 0) is 60.2 Å². The Balaban J connectivity index is 1.84. The predicted octanol–water partition coefficient (Wildman–Crippen LogP) is 4.13. The van der Waals surface area contributed by atoms with Gasteiger partial charge in [0.1, 0.15) is 11.5 Å². The molecule has 10 heteroatoms. The second kappa shape index (κ2) is 10.8. The topological polar surface area (TPSA) is 93.7 Å². The number of rotatable bonds is 9. The van der Waals surface area contributed by atoms with Crippen molar-refractivity contribution in [3.63, 3.8) is 0 Å². The van der Waals surface area contributed by atoms with E-state index in [1.807, 2.05) is 0 Å². The highest BCUT2D eigenvalue weighted by Crippen LogP contribution is 2.34. The molecule has 3 rings (SSSR count). The maximum atomic E-state index is 12.9. The molecule has 0 saturated heterocycles. The third kappa shape index (κ3) is 6.10. The second-order valence-corrected chi connectivity index (χ2v) is 8.59. The summed E-state index contributed by atoms with van der Waals surface area (Å²) in [5.41, 5.74) is 1.42. The predicted molar refractivity (Wildman–Crippen MR) is 123 cm³/mol. The number of anilines is 1. The summed E-state index contributed by atoms with van der Waals surface area (Å²) in [6.07, 6.45) is 5.06. The van der Waals surface area contributed by atoms with E-state index < -0.39 is 22.5 Å². The fourth-order valence-electron chi connectivity index (χ4n) is 3.01. The molecular formula is C24H20F2N2O5S. The average molecular weight is 486 g/mol. The molecule has 34 heavy (non-hydrogen) atoms. The van der Waals surface area contributed by atoms with Crippen molar-refractivity contribution in [1.29, 1.82) is 0 Å². The maximum Gasteiger partial charge on any atom is 0.387 e. The van der Waals surface area contributed by atoms with E-state index in [0.29, 0.717) is 22.6 Å². The highest BCUT2D eigenvalue weighted by atomic mass is 32.2. The lowest BCUT2D eigenvalue weighted by molar-refractivity contribution is -0.0494. The summed E-state index contributed by atoms with van der Waals surface area (Å²) in [6, 6.07) is 16.2. The molecule has 2 N–H and O–H groups in total. The summed E-state index contributed by atoms with van der Waals surface area (Å²) in [5, 5.41) is 2.67. The van der Waals surface area contributed by atoms with Crippen LogP contribution >= 0.6 is 0 Å². The SMILES string of the molecule is C#CCNS(=O)(=O)c1ccc(C(=O)Nc2ccc(OC(F)F)c(-c3ccc(OC)cc3)c2)cc1. The molecule has 7 nitrogen and oxygen atoms in total. The Kier molecular flexibility index (Phi) is 7.83. The van der Waals surface area contributed by atoms with E-state index in [2.05, 4.69) is 20.7 Å². The molecule has 0 fully saturated rings. The van der Waals surface area contributed by atoms with Crippen LogP contribution in [0.1, 0.15) is 10.4 Å². The molecule has 0 aliphatic carbocycles. The Morgan fingerprint density at radius 2 is 1.74 bits per heavy atom. The molecule has 0 aliphatic rings. The third-order valence-electron chi connectivity index (χ3n) is 4.65. The summed E-state index contributed by atoms with van der Waals surface area (Å²) in [5.74, 6) is 2.18. The Labute approximate surface area is 195 Å². The molecule has 0 saturated carbocycles. The number of sulfonamides is 1. The van der Waals surface area contributed by atoms with Crippen LogP contribution in [-0.4, -0.2) is 34.6 Å². The molecule has 176 valence electrons. The van der Waals surface area contributed by atoms with Crippen LogP contribution in [0.4, 0.5) is 14.5 Å². The van der Waals surface area contributed by atoms with Gasteiger partial charge in [0, 0.05) is 16.8 Å². The van der Waals surface area contributed by atoms with Crippen LogP contribution in [0.5, 0.6) is 11.5 Å². The molecule has 0 aliphatic heterocycles. The van der Waals surface area contributed by atoms with Crippen molar-refractivity contribution in [1.82, 2.24) is 4.72 Å². The maximum absolute atomic E-state index is 12.9. The molecule has 0 bridgehead atoms. The Morgan fingerprint density at radius 3 is 2.32 bits per heavy atom. The van der Waals surface area contributed by atoms with Crippen LogP contribution in [0.3, 0.4) is 0 Å². The molecular weight excluding hydrogens is 466 g/mol. The fourth-order valence-corrected chi connectivity index (χ4v) is 3.95. The molecule has 3 aromatic rings. The van der Waals surface area contributed by atoms with Gasteiger partial charge in [-0.15, -0.1) is 6.42 Å². The fraction of sp³-hybridized carbons (Fsp3) is 0.125. The van der Waals surface area contributed by atoms with Gasteiger partial charge in [0.15, 0.2) is 0 Å². The van der Waals surface area contributed by atoms with E-state index in [-0.39, 0.29) is 22.8 Å². The second-order valence-electron chi connectivity index (χ2n) is 6.83. The van der Waals surface area contributed by atoms with Crippen LogP contribution < -0.4 is 19.5 Å². The van der Waals surface area contributed by atoms with Crippen molar-refractivity contribution >= 4 is 21.6 Å². The Hall–Kier alpha value is -3.94. The minimum Gasteiger partial charge on any atom is -0.497 e. The molecule has 0 spiro atoms. The van der Waals surface area contributed by atoms with Gasteiger partial charge in [0.2, 0.25) is 10.0 Å². The van der Waals surface area contributed by atoms with E-state index in [1.165, 1.54) is 49.6 Å². The van der Waals surface area contributed by atoms with Crippen molar-refractivity contribution in [2.45, 2.75) is 11.5 Å². The van der Waals surface area contributed by atoms with Gasteiger partial charge in [-0.3, -0.25) is 4.79 Å². The number of amides is 1. The lowest BCUT2D eigenvalue weighted by atomic mass is 10.0. The van der Waals surface area contributed by atoms with Gasteiger partial charge in [0.05, 0.1) is 18.6 Å². The number of terminal acetylenes is 1. The zero-order valence-corrected chi connectivity index (χ0v) is 18.7. The number of ether oxygens (including phenoxy) is 2. The monoisotopic (exact) mass is 486 g/mol. The van der Waals surface area contributed by atoms with Crippen molar-refractivity contribution < 1.29 is 31.5 Å². The molecule has 3 aromatic carbocycles. The molecule has 0 unspecified atom stereocenters. The summed E-state index contributed by atoms with van der Waals surface area (Å²) in [4.78, 5) is 12.6. The third-order valence-corrected chi connectivity index (χ3v) is 6.06. The standard InChI is InChI=1S/C24H20F2N2O5S/c1-3-14-27-34(30,31)20-11-6-17(7-12-20)23(29)28-18-8-13-22(33-24(25)26)21(15-18)16-4-9-19(32-2)10-5-16/h1,4-13,15,24,27H,14H2,2H3,(H,28,29). The first-order valence-electron chi connectivity index (χ1n) is 9.81. The van der Waals surface area contributed by atoms with Crippen molar-refractivity contribution in [2.24, 2.45) is 0 Å². The van der Waals surface area contributed by atoms with Crippen molar-refractivity contribution in [3.8, 4) is 35.0 Å². The Bertz CT molecular complexity index is 1300. The summed E-state index contributed by atoms with van der Waals surface area (Å²) in [6.45, 7) is -3.19. The first-order valence-corrected chi connectivity index (χ1v) is 11.3. The molecule has 0 atom stereocenters. The quantitative estimate of drug-likeness (QED) is 0.444. The van der Waals surface area contributed by atoms with Gasteiger partial charge in [0.25, 0.3) is 5.91 Å². The summed E-state index contributed by atoms with van der Waals surface area (Å²) < 4.78 is 61.9. The van der Waals surface area contributed by atoms with Crippen LogP contribution in [0.15, 0.2) is 71.6 Å². The number of alkyl halides is 2. The molecule has 0 heterocycles. The number of benzene rings is 3. The van der Waals surface area contributed by atoms with Gasteiger partial charge >= 0.3 is 6.61 Å². The van der Waals surface area contributed by atoms with Crippen LogP contribution in [0.2, 0.25) is 0 Å². The number of nitrogens with one attached hydrogen (secondary N) is 2. The minimum absolute atomic E-state index is 0.0467.